The van der Waals surface area contributed by atoms with E-state index in [-0.39, 0.29) is 23.2 Å². The number of carboxylic acid groups (broad SMARTS) is 1. The predicted octanol–water partition coefficient (Wildman–Crippen LogP) is 1.80. The lowest BCUT2D eigenvalue weighted by Gasteiger charge is -2.06. The normalized spacial score (nSPS) is 12.1. The van der Waals surface area contributed by atoms with Crippen molar-refractivity contribution in [3.8, 4) is 11.3 Å². The van der Waals surface area contributed by atoms with Gasteiger partial charge in [0.1, 0.15) is 0 Å². The summed E-state index contributed by atoms with van der Waals surface area (Å²) in [6, 6.07) is 8.87. The maximum absolute atomic E-state index is 11.4. The fourth-order valence-corrected chi connectivity index (χ4v) is 1.65. The van der Waals surface area contributed by atoms with Crippen molar-refractivity contribution < 1.29 is 14.4 Å². The molecule has 0 aliphatic heterocycles. The van der Waals surface area contributed by atoms with Gasteiger partial charge < -0.3 is 20.7 Å². The molecule has 4 N–H and O–H groups in total. The van der Waals surface area contributed by atoms with Crippen LogP contribution in [0.2, 0.25) is 0 Å². The summed E-state index contributed by atoms with van der Waals surface area (Å²) in [6.07, 6.45) is 0. The molecule has 0 unspecified atom stereocenters. The van der Waals surface area contributed by atoms with Crippen molar-refractivity contribution in [2.75, 3.05) is 11.9 Å². The monoisotopic (exact) mass is 261 g/mol. The Morgan fingerprint density at radius 2 is 2.16 bits per heavy atom. The number of nitrogens with zero attached hydrogens (tertiary/aromatic N) is 1. The van der Waals surface area contributed by atoms with Crippen LogP contribution in [0.15, 0.2) is 34.9 Å². The molecule has 1 aromatic carbocycles. The highest BCUT2D eigenvalue weighted by Crippen LogP contribution is 2.29. The number of nitrogens with two attached hydrogens (primary N) is 1. The molecule has 0 aliphatic carbocycles. The highest BCUT2D eigenvalue weighted by molar-refractivity contribution is 5.99. The van der Waals surface area contributed by atoms with Crippen LogP contribution in [0, 0.1) is 0 Å². The van der Waals surface area contributed by atoms with Gasteiger partial charge in [-0.15, -0.1) is 0 Å². The van der Waals surface area contributed by atoms with Crippen LogP contribution in [0.5, 0.6) is 0 Å². The van der Waals surface area contributed by atoms with Crippen LogP contribution in [0.4, 0.5) is 5.82 Å². The average molecular weight is 261 g/mol. The van der Waals surface area contributed by atoms with Crippen molar-refractivity contribution in [3.63, 3.8) is 0 Å². The van der Waals surface area contributed by atoms with E-state index in [1.165, 1.54) is 0 Å². The second-order valence-corrected chi connectivity index (χ2v) is 4.26. The topological polar surface area (TPSA) is 101 Å². The van der Waals surface area contributed by atoms with E-state index in [4.69, 9.17) is 10.3 Å². The first-order valence-electron chi connectivity index (χ1n) is 5.87. The van der Waals surface area contributed by atoms with Crippen molar-refractivity contribution in [1.82, 2.24) is 5.16 Å². The summed E-state index contributed by atoms with van der Waals surface area (Å²) in [7, 11) is 0. The largest absolute Gasteiger partial charge is 0.477 e. The van der Waals surface area contributed by atoms with Crippen LogP contribution in [-0.2, 0) is 0 Å². The Labute approximate surface area is 110 Å². The van der Waals surface area contributed by atoms with E-state index < -0.39 is 5.97 Å². The van der Waals surface area contributed by atoms with E-state index in [1.807, 2.05) is 13.0 Å². The van der Waals surface area contributed by atoms with E-state index in [0.29, 0.717) is 12.1 Å². The Morgan fingerprint density at radius 3 is 2.74 bits per heavy atom. The van der Waals surface area contributed by atoms with E-state index >= 15 is 0 Å². The van der Waals surface area contributed by atoms with Gasteiger partial charge in [0, 0.05) is 18.2 Å². The second kappa shape index (κ2) is 5.53. The lowest BCUT2D eigenvalue weighted by atomic mass is 10.1. The Balaban J connectivity index is 2.38. The molecular formula is C13H15N3O3. The third kappa shape index (κ3) is 2.92. The fourth-order valence-electron chi connectivity index (χ4n) is 1.65. The summed E-state index contributed by atoms with van der Waals surface area (Å²) in [5.74, 6) is -0.656. The number of aromatic nitrogens is 1. The van der Waals surface area contributed by atoms with Crippen LogP contribution >= 0.6 is 0 Å². The highest BCUT2D eigenvalue weighted by Gasteiger charge is 2.23. The Hall–Kier alpha value is -2.34. The first-order valence-corrected chi connectivity index (χ1v) is 5.87. The molecule has 6 nitrogen and oxygen atoms in total. The van der Waals surface area contributed by atoms with Crippen LogP contribution < -0.4 is 11.1 Å². The summed E-state index contributed by atoms with van der Waals surface area (Å²) in [4.78, 5) is 11.4. The minimum Gasteiger partial charge on any atom is -0.477 e. The number of anilines is 1. The molecule has 0 bridgehead atoms. The van der Waals surface area contributed by atoms with Crippen LogP contribution in [0.25, 0.3) is 11.3 Å². The molecular weight excluding hydrogens is 246 g/mol. The molecule has 1 heterocycles. The van der Waals surface area contributed by atoms with Crippen molar-refractivity contribution in [2.24, 2.45) is 5.73 Å². The van der Waals surface area contributed by atoms with E-state index in [0.717, 1.165) is 0 Å². The molecule has 0 spiro atoms. The summed E-state index contributed by atoms with van der Waals surface area (Å²) >= 11 is 0. The average Bonchev–Trinajstić information content (AvgIpc) is 2.81. The quantitative estimate of drug-likeness (QED) is 0.758. The zero-order valence-corrected chi connectivity index (χ0v) is 10.5. The number of aromatic carboxylic acids is 1. The summed E-state index contributed by atoms with van der Waals surface area (Å²) in [5, 5.41) is 15.9. The van der Waals surface area contributed by atoms with Gasteiger partial charge in [-0.05, 0) is 6.92 Å². The van der Waals surface area contributed by atoms with Gasteiger partial charge in [0.15, 0.2) is 17.1 Å². The molecule has 0 saturated heterocycles. The molecule has 0 fully saturated rings. The minimum atomic E-state index is -1.09. The molecule has 1 aromatic heterocycles. The highest BCUT2D eigenvalue weighted by atomic mass is 16.5. The Kier molecular flexibility index (Phi) is 3.82. The van der Waals surface area contributed by atoms with Gasteiger partial charge in [0.25, 0.3) is 0 Å². The molecule has 0 amide bonds. The molecule has 19 heavy (non-hydrogen) atoms. The van der Waals surface area contributed by atoms with Gasteiger partial charge in [0.05, 0.1) is 0 Å². The molecule has 100 valence electrons. The van der Waals surface area contributed by atoms with E-state index in [1.54, 1.807) is 24.3 Å². The van der Waals surface area contributed by atoms with Gasteiger partial charge in [-0.25, -0.2) is 4.79 Å². The molecule has 0 aliphatic rings. The SMILES string of the molecule is C[C@H](N)CNc1noc(-c2ccccc2)c1C(=O)O. The third-order valence-corrected chi connectivity index (χ3v) is 2.53. The van der Waals surface area contributed by atoms with Gasteiger partial charge in [-0.3, -0.25) is 0 Å². The van der Waals surface area contributed by atoms with Gasteiger partial charge in [0.2, 0.25) is 0 Å². The Morgan fingerprint density at radius 1 is 1.47 bits per heavy atom. The molecule has 0 saturated carbocycles. The smallest absolute Gasteiger partial charge is 0.343 e. The number of hydrogen-bond acceptors (Lipinski definition) is 5. The maximum atomic E-state index is 11.4. The molecule has 2 aromatic rings. The van der Waals surface area contributed by atoms with Crippen molar-refractivity contribution in [1.29, 1.82) is 0 Å². The number of hydrogen-bond donors (Lipinski definition) is 3. The number of rotatable bonds is 5. The molecule has 0 radical (unpaired) electrons. The van der Waals surface area contributed by atoms with Crippen LogP contribution in [0.3, 0.4) is 0 Å². The predicted molar refractivity (Wildman–Crippen MR) is 71.0 cm³/mol. The Bertz CT molecular complexity index is 564. The summed E-state index contributed by atoms with van der Waals surface area (Å²) < 4.78 is 5.14. The lowest BCUT2D eigenvalue weighted by molar-refractivity contribution is 0.0698. The number of carboxylic acids is 1. The minimum absolute atomic E-state index is 0.0202. The van der Waals surface area contributed by atoms with Crippen molar-refractivity contribution in [3.05, 3.63) is 35.9 Å². The van der Waals surface area contributed by atoms with Crippen molar-refractivity contribution >= 4 is 11.8 Å². The van der Waals surface area contributed by atoms with Crippen LogP contribution in [0.1, 0.15) is 17.3 Å². The lowest BCUT2D eigenvalue weighted by Crippen LogP contribution is -2.25. The van der Waals surface area contributed by atoms with Crippen molar-refractivity contribution in [2.45, 2.75) is 13.0 Å². The standard InChI is InChI=1S/C13H15N3O3/c1-8(14)7-15-12-10(13(17)18)11(19-16-12)9-5-3-2-4-6-9/h2-6,8H,7,14H2,1H3,(H,15,16)(H,17,18)/t8-/m0/s1. The summed E-state index contributed by atoms with van der Waals surface area (Å²) in [5.41, 5.74) is 6.30. The molecule has 6 heteroatoms. The first kappa shape index (κ1) is 13.1. The zero-order valence-electron chi connectivity index (χ0n) is 10.5. The van der Waals surface area contributed by atoms with Crippen LogP contribution in [-0.4, -0.2) is 28.8 Å². The number of nitrogens with one attached hydrogen (secondary N) is 1. The zero-order chi connectivity index (χ0) is 13.8. The van der Waals surface area contributed by atoms with Gasteiger partial charge >= 0.3 is 5.97 Å². The number of carbonyl (C=O) groups is 1. The molecule has 1 atom stereocenters. The van der Waals surface area contributed by atoms with E-state index in [9.17, 15) is 9.90 Å². The molecule has 2 rings (SSSR count). The summed E-state index contributed by atoms with van der Waals surface area (Å²) in [6.45, 7) is 2.23. The van der Waals surface area contributed by atoms with Gasteiger partial charge in [-0.1, -0.05) is 35.5 Å². The number of benzene rings is 1. The first-order chi connectivity index (χ1) is 9.09. The fraction of sp³-hybridized carbons (Fsp3) is 0.231. The maximum Gasteiger partial charge on any atom is 0.343 e. The van der Waals surface area contributed by atoms with Gasteiger partial charge in [-0.2, -0.15) is 0 Å². The van der Waals surface area contributed by atoms with E-state index in [2.05, 4.69) is 10.5 Å². The second-order valence-electron chi connectivity index (χ2n) is 4.26. The third-order valence-electron chi connectivity index (χ3n) is 2.53.